The van der Waals surface area contributed by atoms with E-state index in [0.717, 1.165) is 51.6 Å². The van der Waals surface area contributed by atoms with Crippen LogP contribution in [-0.4, -0.2) is 86.1 Å². The van der Waals surface area contributed by atoms with E-state index >= 15 is 0 Å². The molecule has 2 N–H and O–H groups in total. The molecular weight excluding hydrogens is 367 g/mol. The molecule has 0 spiro atoms. The van der Waals surface area contributed by atoms with Crippen molar-refractivity contribution >= 4 is 54.9 Å². The number of amides is 1. The Hall–Kier alpha value is 0.570. The van der Waals surface area contributed by atoms with E-state index in [0.29, 0.717) is 12.5 Å². The molecule has 9 heteroatoms. The highest BCUT2D eigenvalue weighted by molar-refractivity contribution is 7.99. The summed E-state index contributed by atoms with van der Waals surface area (Å²) in [4.78, 5) is 16.6. The predicted octanol–water partition coefficient (Wildman–Crippen LogP) is 0.710. The summed E-state index contributed by atoms with van der Waals surface area (Å²) in [7, 11) is 2.16. The number of nitrogens with zero attached hydrogens (tertiary/aromatic N) is 2. The number of carbonyl (C=O) groups is 1. The molecule has 2 aliphatic heterocycles. The van der Waals surface area contributed by atoms with Crippen LogP contribution in [0.25, 0.3) is 0 Å². The summed E-state index contributed by atoms with van der Waals surface area (Å²) in [5, 5.41) is 6.44. The van der Waals surface area contributed by atoms with Crippen LogP contribution < -0.4 is 10.6 Å². The Kier molecular flexibility index (Phi) is 15.7. The maximum atomic E-state index is 11.8. The van der Waals surface area contributed by atoms with Gasteiger partial charge >= 0.3 is 0 Å². The van der Waals surface area contributed by atoms with Gasteiger partial charge in [-0.15, -0.1) is 37.2 Å². The first-order chi connectivity index (χ1) is 9.24. The van der Waals surface area contributed by atoms with Crippen molar-refractivity contribution in [3.05, 3.63) is 0 Å². The monoisotopic (exact) mass is 394 g/mol. The van der Waals surface area contributed by atoms with Crippen molar-refractivity contribution in [2.45, 2.75) is 12.5 Å². The molecule has 1 amide bonds. The minimum atomic E-state index is 0. The number of likely N-dealkylation sites (N-methyl/N-ethyl adjacent to an activating group) is 1. The lowest BCUT2D eigenvalue weighted by Gasteiger charge is -2.32. The molecule has 2 fully saturated rings. The summed E-state index contributed by atoms with van der Waals surface area (Å²) in [5.41, 5.74) is 0. The highest BCUT2D eigenvalue weighted by Gasteiger charge is 2.17. The van der Waals surface area contributed by atoms with Crippen molar-refractivity contribution < 1.29 is 4.79 Å². The molecule has 0 aromatic carbocycles. The molecule has 0 bridgehead atoms. The van der Waals surface area contributed by atoms with E-state index in [1.165, 1.54) is 5.75 Å². The minimum Gasteiger partial charge on any atom is -0.355 e. The molecule has 1 unspecified atom stereocenters. The molecule has 0 aromatic heterocycles. The predicted molar refractivity (Wildman–Crippen MR) is 102 cm³/mol. The van der Waals surface area contributed by atoms with E-state index in [2.05, 4.69) is 27.5 Å². The highest BCUT2D eigenvalue weighted by Crippen LogP contribution is 2.09. The normalized spacial score (nSPS) is 22.7. The Morgan fingerprint density at radius 3 is 2.50 bits per heavy atom. The Balaban J connectivity index is 0. The van der Waals surface area contributed by atoms with Gasteiger partial charge in [-0.05, 0) is 7.05 Å². The summed E-state index contributed by atoms with van der Waals surface area (Å²) in [5.74, 6) is 2.42. The van der Waals surface area contributed by atoms with Crippen LogP contribution in [-0.2, 0) is 4.79 Å². The van der Waals surface area contributed by atoms with Crippen LogP contribution in [0.2, 0.25) is 0 Å². The second-order valence-corrected chi connectivity index (χ2v) is 6.57. The Labute approximate surface area is 156 Å². The molecule has 5 nitrogen and oxygen atoms in total. The molecule has 2 heterocycles. The van der Waals surface area contributed by atoms with Gasteiger partial charge in [0.1, 0.15) is 0 Å². The average Bonchev–Trinajstić information content (AvgIpc) is 2.42. The van der Waals surface area contributed by atoms with Crippen molar-refractivity contribution in [1.29, 1.82) is 0 Å². The minimum absolute atomic E-state index is 0. The number of hydrogen-bond acceptors (Lipinski definition) is 5. The van der Waals surface area contributed by atoms with E-state index in [4.69, 9.17) is 0 Å². The van der Waals surface area contributed by atoms with Gasteiger partial charge in [0.05, 0.1) is 0 Å². The summed E-state index contributed by atoms with van der Waals surface area (Å²) >= 11 is 1.94. The quantitative estimate of drug-likeness (QED) is 0.718. The smallest absolute Gasteiger partial charge is 0.221 e. The van der Waals surface area contributed by atoms with Crippen LogP contribution >= 0.6 is 49.0 Å². The lowest BCUT2D eigenvalue weighted by molar-refractivity contribution is -0.121. The van der Waals surface area contributed by atoms with Gasteiger partial charge in [-0.2, -0.15) is 11.8 Å². The van der Waals surface area contributed by atoms with E-state index in [1.54, 1.807) is 0 Å². The number of piperazine rings is 1. The average molecular weight is 396 g/mol. The number of hydrogen-bond donors (Lipinski definition) is 2. The van der Waals surface area contributed by atoms with Crippen molar-refractivity contribution in [3.8, 4) is 0 Å². The van der Waals surface area contributed by atoms with Crippen LogP contribution in [0.4, 0.5) is 0 Å². The van der Waals surface area contributed by atoms with Crippen molar-refractivity contribution in [1.82, 2.24) is 20.4 Å². The molecule has 0 aromatic rings. The summed E-state index contributed by atoms with van der Waals surface area (Å²) < 4.78 is 0. The molecule has 22 heavy (non-hydrogen) atoms. The Morgan fingerprint density at radius 2 is 1.91 bits per heavy atom. The lowest BCUT2D eigenvalue weighted by atomic mass is 10.2. The number of rotatable bonds is 5. The molecule has 2 rings (SSSR count). The van der Waals surface area contributed by atoms with Crippen LogP contribution in [0.5, 0.6) is 0 Å². The van der Waals surface area contributed by atoms with Crippen molar-refractivity contribution in [2.75, 3.05) is 64.4 Å². The molecule has 0 radical (unpaired) electrons. The topological polar surface area (TPSA) is 47.6 Å². The van der Waals surface area contributed by atoms with Gasteiger partial charge in [0.15, 0.2) is 0 Å². The maximum absolute atomic E-state index is 11.8. The van der Waals surface area contributed by atoms with E-state index in [1.807, 2.05) is 11.8 Å². The van der Waals surface area contributed by atoms with Crippen LogP contribution in [0.3, 0.4) is 0 Å². The number of thioether (sulfide) groups is 1. The maximum Gasteiger partial charge on any atom is 0.221 e. The van der Waals surface area contributed by atoms with Gasteiger partial charge in [-0.3, -0.25) is 9.69 Å². The first-order valence-electron chi connectivity index (χ1n) is 7.23. The molecular formula is C13H29Cl3N4OS. The Bertz CT molecular complexity index is 288. The van der Waals surface area contributed by atoms with Crippen LogP contribution in [0.15, 0.2) is 0 Å². The van der Waals surface area contributed by atoms with E-state index in [-0.39, 0.29) is 43.1 Å². The van der Waals surface area contributed by atoms with Crippen molar-refractivity contribution in [2.24, 2.45) is 0 Å². The number of halogens is 3. The zero-order valence-electron chi connectivity index (χ0n) is 13.1. The molecule has 1 atom stereocenters. The molecule has 134 valence electrons. The first kappa shape index (κ1) is 24.8. The summed E-state index contributed by atoms with van der Waals surface area (Å²) in [6.07, 6.45) is 0.621. The molecule has 0 saturated carbocycles. The van der Waals surface area contributed by atoms with Gasteiger partial charge in [0.25, 0.3) is 0 Å². The highest BCUT2D eigenvalue weighted by atomic mass is 35.5. The zero-order valence-corrected chi connectivity index (χ0v) is 16.4. The largest absolute Gasteiger partial charge is 0.355 e. The third kappa shape index (κ3) is 9.65. The van der Waals surface area contributed by atoms with E-state index in [9.17, 15) is 4.79 Å². The van der Waals surface area contributed by atoms with Gasteiger partial charge in [0.2, 0.25) is 5.91 Å². The Morgan fingerprint density at radius 1 is 1.23 bits per heavy atom. The number of carbonyl (C=O) groups excluding carboxylic acids is 1. The molecule has 2 aliphatic rings. The fraction of sp³-hybridized carbons (Fsp3) is 0.923. The van der Waals surface area contributed by atoms with Gasteiger partial charge in [0, 0.05) is 69.8 Å². The lowest BCUT2D eigenvalue weighted by Crippen LogP contribution is -2.47. The van der Waals surface area contributed by atoms with Gasteiger partial charge in [-0.25, -0.2) is 0 Å². The summed E-state index contributed by atoms with van der Waals surface area (Å²) in [6, 6.07) is 0.363. The third-order valence-electron chi connectivity index (χ3n) is 3.78. The standard InChI is InChI=1S/C13H26N4OS.3ClH/c1-16-5-7-17(8-6-16)4-2-15-13(18)10-12-11-19-9-3-14-12;;;/h12,14H,2-11H2,1H3,(H,15,18);3*1H. The summed E-state index contributed by atoms with van der Waals surface area (Å²) in [6.45, 7) is 7.30. The van der Waals surface area contributed by atoms with Crippen molar-refractivity contribution in [3.63, 3.8) is 0 Å². The van der Waals surface area contributed by atoms with E-state index < -0.39 is 0 Å². The fourth-order valence-corrected chi connectivity index (χ4v) is 3.42. The van der Waals surface area contributed by atoms with Crippen LogP contribution in [0, 0.1) is 0 Å². The number of nitrogens with one attached hydrogen (secondary N) is 2. The first-order valence-corrected chi connectivity index (χ1v) is 8.38. The zero-order chi connectivity index (χ0) is 13.5. The third-order valence-corrected chi connectivity index (χ3v) is 4.91. The van der Waals surface area contributed by atoms with Gasteiger partial charge < -0.3 is 15.5 Å². The van der Waals surface area contributed by atoms with Gasteiger partial charge in [-0.1, -0.05) is 0 Å². The molecule has 0 aliphatic carbocycles. The second-order valence-electron chi connectivity index (χ2n) is 5.42. The fourth-order valence-electron chi connectivity index (χ4n) is 2.47. The SMILES string of the molecule is CN1CCN(CCNC(=O)CC2CSCCN2)CC1.Cl.Cl.Cl. The molecule has 2 saturated heterocycles. The van der Waals surface area contributed by atoms with Crippen LogP contribution in [0.1, 0.15) is 6.42 Å². The second kappa shape index (κ2) is 14.0.